The summed E-state index contributed by atoms with van der Waals surface area (Å²) in [5, 5.41) is 18.8. The minimum Gasteiger partial charge on any atom is -0.504 e. The van der Waals surface area contributed by atoms with Crippen LogP contribution >= 0.6 is 0 Å². The molecule has 3 heteroatoms. The van der Waals surface area contributed by atoms with Gasteiger partial charge in [0.15, 0.2) is 11.5 Å². The van der Waals surface area contributed by atoms with Crippen molar-refractivity contribution in [3.05, 3.63) is 23.3 Å². The van der Waals surface area contributed by atoms with Crippen LogP contribution in [0.2, 0.25) is 0 Å². The van der Waals surface area contributed by atoms with E-state index in [1.165, 1.54) is 0 Å². The summed E-state index contributed by atoms with van der Waals surface area (Å²) in [5.41, 5.74) is 7.18. The lowest BCUT2D eigenvalue weighted by atomic mass is 9.95. The van der Waals surface area contributed by atoms with E-state index in [0.717, 1.165) is 12.0 Å². The molecule has 0 bridgehead atoms. The molecule has 0 heterocycles. The van der Waals surface area contributed by atoms with Crippen LogP contribution in [0.5, 0.6) is 11.5 Å². The van der Waals surface area contributed by atoms with Gasteiger partial charge in [0.1, 0.15) is 0 Å². The van der Waals surface area contributed by atoms with Crippen LogP contribution in [0.15, 0.2) is 12.1 Å². The Bertz CT molecular complexity index is 300. The zero-order chi connectivity index (χ0) is 10.7. The van der Waals surface area contributed by atoms with Gasteiger partial charge in [-0.3, -0.25) is 0 Å². The quantitative estimate of drug-likeness (QED) is 0.645. The van der Waals surface area contributed by atoms with E-state index in [4.69, 9.17) is 5.73 Å². The van der Waals surface area contributed by atoms with Crippen molar-refractivity contribution in [1.29, 1.82) is 0 Å². The number of benzene rings is 1. The molecule has 1 rings (SSSR count). The Balaban J connectivity index is 3.00. The van der Waals surface area contributed by atoms with Gasteiger partial charge in [-0.25, -0.2) is 0 Å². The van der Waals surface area contributed by atoms with Gasteiger partial charge >= 0.3 is 0 Å². The fourth-order valence-electron chi connectivity index (χ4n) is 1.49. The van der Waals surface area contributed by atoms with Crippen molar-refractivity contribution in [3.63, 3.8) is 0 Å². The van der Waals surface area contributed by atoms with Crippen molar-refractivity contribution in [2.45, 2.75) is 26.2 Å². The molecule has 4 N–H and O–H groups in total. The average molecular weight is 195 g/mol. The second-order valence-electron chi connectivity index (χ2n) is 3.68. The van der Waals surface area contributed by atoms with Crippen molar-refractivity contribution in [3.8, 4) is 11.5 Å². The molecular weight excluding hydrogens is 178 g/mol. The third kappa shape index (κ3) is 2.17. The van der Waals surface area contributed by atoms with Gasteiger partial charge < -0.3 is 15.9 Å². The average Bonchev–Trinajstić information content (AvgIpc) is 2.13. The van der Waals surface area contributed by atoms with Crippen LogP contribution in [-0.2, 0) is 0 Å². The van der Waals surface area contributed by atoms with E-state index >= 15 is 0 Å². The Labute approximate surface area is 84.2 Å². The molecule has 0 fully saturated rings. The van der Waals surface area contributed by atoms with Crippen molar-refractivity contribution < 1.29 is 10.2 Å². The first-order chi connectivity index (χ1) is 6.56. The molecule has 3 nitrogen and oxygen atoms in total. The van der Waals surface area contributed by atoms with Gasteiger partial charge in [-0.15, -0.1) is 0 Å². The molecular formula is C11H17NO2. The van der Waals surface area contributed by atoms with Gasteiger partial charge in [0, 0.05) is 0 Å². The molecule has 1 atom stereocenters. The summed E-state index contributed by atoms with van der Waals surface area (Å²) in [7, 11) is 0. The minimum atomic E-state index is -0.0520. The first-order valence-corrected chi connectivity index (χ1v) is 4.78. The summed E-state index contributed by atoms with van der Waals surface area (Å²) in [6.07, 6.45) is 0.879. The molecule has 0 aliphatic heterocycles. The SMILES string of the molecule is Cc1cc(C(C)CCN)cc(O)c1O. The zero-order valence-electron chi connectivity index (χ0n) is 8.62. The highest BCUT2D eigenvalue weighted by Crippen LogP contribution is 2.33. The van der Waals surface area contributed by atoms with Crippen LogP contribution in [0.4, 0.5) is 0 Å². The number of aryl methyl sites for hydroxylation is 1. The van der Waals surface area contributed by atoms with Crippen molar-refractivity contribution in [2.75, 3.05) is 6.54 Å². The monoisotopic (exact) mass is 195 g/mol. The van der Waals surface area contributed by atoms with Gasteiger partial charge in [0.05, 0.1) is 0 Å². The fraction of sp³-hybridized carbons (Fsp3) is 0.455. The highest BCUT2D eigenvalue weighted by atomic mass is 16.3. The molecule has 0 aromatic heterocycles. The maximum atomic E-state index is 9.42. The lowest BCUT2D eigenvalue weighted by Crippen LogP contribution is -2.04. The Hall–Kier alpha value is -1.22. The Morgan fingerprint density at radius 2 is 2.00 bits per heavy atom. The molecule has 1 unspecified atom stereocenters. The van der Waals surface area contributed by atoms with E-state index in [-0.39, 0.29) is 11.5 Å². The van der Waals surface area contributed by atoms with Gasteiger partial charge in [-0.2, -0.15) is 0 Å². The molecule has 0 saturated carbocycles. The predicted molar refractivity (Wildman–Crippen MR) is 56.6 cm³/mol. The number of nitrogens with two attached hydrogens (primary N) is 1. The molecule has 14 heavy (non-hydrogen) atoms. The van der Waals surface area contributed by atoms with Crippen molar-refractivity contribution in [2.24, 2.45) is 5.73 Å². The highest BCUT2D eigenvalue weighted by molar-refractivity contribution is 5.47. The molecule has 1 aromatic carbocycles. The van der Waals surface area contributed by atoms with E-state index in [1.807, 2.05) is 6.07 Å². The van der Waals surface area contributed by atoms with E-state index in [2.05, 4.69) is 6.92 Å². The largest absolute Gasteiger partial charge is 0.504 e. The molecule has 0 amide bonds. The zero-order valence-corrected chi connectivity index (χ0v) is 8.62. The highest BCUT2D eigenvalue weighted by Gasteiger charge is 2.10. The Kier molecular flexibility index (Phi) is 3.36. The van der Waals surface area contributed by atoms with Gasteiger partial charge in [-0.05, 0) is 43.0 Å². The fourth-order valence-corrected chi connectivity index (χ4v) is 1.49. The van der Waals surface area contributed by atoms with Crippen LogP contribution in [0.1, 0.15) is 30.4 Å². The molecule has 1 aromatic rings. The summed E-state index contributed by atoms with van der Waals surface area (Å²) in [5.74, 6) is 0.225. The second kappa shape index (κ2) is 4.33. The predicted octanol–water partition coefficient (Wildman–Crippen LogP) is 1.86. The van der Waals surface area contributed by atoms with Crippen LogP contribution < -0.4 is 5.73 Å². The molecule has 0 saturated heterocycles. The number of rotatable bonds is 3. The maximum absolute atomic E-state index is 9.42. The van der Waals surface area contributed by atoms with Crippen LogP contribution in [-0.4, -0.2) is 16.8 Å². The molecule has 0 spiro atoms. The van der Waals surface area contributed by atoms with Crippen molar-refractivity contribution >= 4 is 0 Å². The summed E-state index contributed by atoms with van der Waals surface area (Å²) in [6, 6.07) is 3.48. The van der Waals surface area contributed by atoms with Gasteiger partial charge in [-0.1, -0.05) is 13.0 Å². The topological polar surface area (TPSA) is 66.5 Å². The smallest absolute Gasteiger partial charge is 0.160 e. The third-order valence-electron chi connectivity index (χ3n) is 2.47. The number of hydrogen-bond donors (Lipinski definition) is 3. The lowest BCUT2D eigenvalue weighted by molar-refractivity contribution is 0.400. The number of hydrogen-bond acceptors (Lipinski definition) is 3. The Morgan fingerprint density at radius 3 is 2.50 bits per heavy atom. The maximum Gasteiger partial charge on any atom is 0.160 e. The molecule has 78 valence electrons. The van der Waals surface area contributed by atoms with E-state index in [0.29, 0.717) is 18.0 Å². The summed E-state index contributed by atoms with van der Waals surface area (Å²) in [6.45, 7) is 4.45. The third-order valence-corrected chi connectivity index (χ3v) is 2.47. The van der Waals surface area contributed by atoms with E-state index in [1.54, 1.807) is 13.0 Å². The first-order valence-electron chi connectivity index (χ1n) is 4.78. The summed E-state index contributed by atoms with van der Waals surface area (Å²) < 4.78 is 0. The summed E-state index contributed by atoms with van der Waals surface area (Å²) >= 11 is 0. The van der Waals surface area contributed by atoms with Gasteiger partial charge in [0.2, 0.25) is 0 Å². The second-order valence-corrected chi connectivity index (χ2v) is 3.68. The first kappa shape index (κ1) is 10.9. The molecule has 0 radical (unpaired) electrons. The minimum absolute atomic E-state index is 0.0336. The summed E-state index contributed by atoms with van der Waals surface area (Å²) in [4.78, 5) is 0. The Morgan fingerprint density at radius 1 is 1.36 bits per heavy atom. The standard InChI is InChI=1S/C11H17NO2/c1-7(3-4-12)9-5-8(2)11(14)10(13)6-9/h5-7,13-14H,3-4,12H2,1-2H3. The van der Waals surface area contributed by atoms with E-state index < -0.39 is 0 Å². The van der Waals surface area contributed by atoms with E-state index in [9.17, 15) is 10.2 Å². The van der Waals surface area contributed by atoms with Gasteiger partial charge in [0.25, 0.3) is 0 Å². The number of phenolic OH excluding ortho intramolecular Hbond substituents is 2. The van der Waals surface area contributed by atoms with Crippen LogP contribution in [0.25, 0.3) is 0 Å². The van der Waals surface area contributed by atoms with Crippen LogP contribution in [0, 0.1) is 6.92 Å². The van der Waals surface area contributed by atoms with Crippen molar-refractivity contribution in [1.82, 2.24) is 0 Å². The normalized spacial score (nSPS) is 12.8. The number of aromatic hydroxyl groups is 2. The van der Waals surface area contributed by atoms with Crippen LogP contribution in [0.3, 0.4) is 0 Å². The molecule has 0 aliphatic carbocycles. The number of phenols is 2. The lowest BCUT2D eigenvalue weighted by Gasteiger charge is -2.12. The molecule has 0 aliphatic rings.